The van der Waals surface area contributed by atoms with Crippen LogP contribution in [0.4, 0.5) is 18.3 Å². The molecule has 0 aliphatic rings. The zero-order valence-corrected chi connectivity index (χ0v) is 8.38. The summed E-state index contributed by atoms with van der Waals surface area (Å²) >= 11 is 2.25. The largest absolute Gasteiger partial charge is 0.522 e. The predicted molar refractivity (Wildman–Crippen MR) is 47.1 cm³/mol. The molecule has 2 N–H and O–H groups in total. The van der Waals surface area contributed by atoms with Crippen molar-refractivity contribution in [3.05, 3.63) is 0 Å². The third-order valence-corrected chi connectivity index (χ3v) is 2.85. The zero-order chi connectivity index (χ0) is 10.6. The fraction of sp³-hybridized carbons (Fsp3) is 0.600. The van der Waals surface area contributed by atoms with Gasteiger partial charge in [-0.05, 0) is 0 Å². The molecule has 0 atom stereocenters. The molecule has 0 unspecified atom stereocenters. The fourth-order valence-electron chi connectivity index (χ4n) is 0.565. The summed E-state index contributed by atoms with van der Waals surface area (Å²) in [5.41, 5.74) is 5.27. The van der Waals surface area contributed by atoms with Crippen LogP contribution in [-0.2, 0) is 4.74 Å². The Balaban J connectivity index is 2.16. The van der Waals surface area contributed by atoms with Crippen molar-refractivity contribution in [1.82, 2.24) is 10.2 Å². The van der Waals surface area contributed by atoms with E-state index in [1.165, 1.54) is 0 Å². The first-order valence-electron chi connectivity index (χ1n) is 3.40. The Hall–Kier alpha value is -0.540. The minimum absolute atomic E-state index is 0.161. The van der Waals surface area contributed by atoms with Crippen LogP contribution in [0.25, 0.3) is 0 Å². The molecule has 0 aliphatic carbocycles. The molecule has 4 nitrogen and oxygen atoms in total. The van der Waals surface area contributed by atoms with Crippen molar-refractivity contribution in [2.24, 2.45) is 0 Å². The monoisotopic (exact) mass is 245 g/mol. The zero-order valence-electron chi connectivity index (χ0n) is 6.74. The molecule has 0 saturated carbocycles. The van der Waals surface area contributed by atoms with E-state index in [1.807, 2.05) is 0 Å². The minimum atomic E-state index is -4.57. The Kier molecular flexibility index (Phi) is 3.96. The molecule has 1 rings (SSSR count). The maximum absolute atomic E-state index is 11.5. The molecule has 0 amide bonds. The average molecular weight is 245 g/mol. The lowest BCUT2D eigenvalue weighted by atomic mass is 10.9. The van der Waals surface area contributed by atoms with Crippen molar-refractivity contribution < 1.29 is 17.9 Å². The maximum Gasteiger partial charge on any atom is 0.522 e. The van der Waals surface area contributed by atoms with Gasteiger partial charge in [-0.2, -0.15) is 0 Å². The van der Waals surface area contributed by atoms with Crippen LogP contribution < -0.4 is 5.73 Å². The molecule has 1 heterocycles. The second-order valence-electron chi connectivity index (χ2n) is 2.05. The lowest BCUT2D eigenvalue weighted by molar-refractivity contribution is -0.322. The highest BCUT2D eigenvalue weighted by atomic mass is 32.2. The number of halogens is 3. The molecule has 0 bridgehead atoms. The number of aromatic nitrogens is 2. The number of alkyl halides is 3. The van der Waals surface area contributed by atoms with Crippen molar-refractivity contribution >= 4 is 28.2 Å². The van der Waals surface area contributed by atoms with E-state index in [4.69, 9.17) is 5.73 Å². The standard InChI is InChI=1S/C5H6F3N3OS2/c6-5(7,8)12-1-2-13-4-11-10-3(9)14-4/h1-2H2,(H2,9,10). The van der Waals surface area contributed by atoms with Gasteiger partial charge in [-0.1, -0.05) is 23.1 Å². The Labute approximate surface area is 85.6 Å². The van der Waals surface area contributed by atoms with E-state index in [2.05, 4.69) is 14.9 Å². The normalized spacial score (nSPS) is 11.9. The van der Waals surface area contributed by atoms with Gasteiger partial charge in [-0.25, -0.2) is 0 Å². The second-order valence-corrected chi connectivity index (χ2v) is 4.40. The smallest absolute Gasteiger partial charge is 0.374 e. The lowest BCUT2D eigenvalue weighted by Crippen LogP contribution is -2.15. The highest BCUT2D eigenvalue weighted by Gasteiger charge is 2.28. The van der Waals surface area contributed by atoms with Crippen LogP contribution in [0.2, 0.25) is 0 Å². The van der Waals surface area contributed by atoms with E-state index in [0.29, 0.717) is 9.47 Å². The molecule has 1 aromatic heterocycles. The number of nitrogens with two attached hydrogens (primary N) is 1. The molecular weight excluding hydrogens is 239 g/mol. The Morgan fingerprint density at radius 3 is 2.64 bits per heavy atom. The van der Waals surface area contributed by atoms with E-state index >= 15 is 0 Å². The first kappa shape index (κ1) is 11.5. The summed E-state index contributed by atoms with van der Waals surface area (Å²) < 4.78 is 38.6. The van der Waals surface area contributed by atoms with Gasteiger partial charge in [0, 0.05) is 5.75 Å². The van der Waals surface area contributed by atoms with Crippen LogP contribution in [0, 0.1) is 0 Å². The Bertz CT molecular complexity index is 290. The van der Waals surface area contributed by atoms with E-state index in [0.717, 1.165) is 23.1 Å². The van der Waals surface area contributed by atoms with Gasteiger partial charge in [0.25, 0.3) is 0 Å². The topological polar surface area (TPSA) is 61.0 Å². The Morgan fingerprint density at radius 1 is 1.43 bits per heavy atom. The number of hydrogen-bond donors (Lipinski definition) is 1. The molecule has 0 saturated heterocycles. The van der Waals surface area contributed by atoms with E-state index < -0.39 is 13.0 Å². The van der Waals surface area contributed by atoms with Gasteiger partial charge in [-0.3, -0.25) is 4.74 Å². The first-order valence-corrected chi connectivity index (χ1v) is 5.20. The third kappa shape index (κ3) is 4.63. The van der Waals surface area contributed by atoms with E-state index in [-0.39, 0.29) is 5.75 Å². The van der Waals surface area contributed by atoms with Crippen LogP contribution >= 0.6 is 23.1 Å². The van der Waals surface area contributed by atoms with Gasteiger partial charge in [0.1, 0.15) is 0 Å². The van der Waals surface area contributed by atoms with Crippen LogP contribution in [-0.4, -0.2) is 28.9 Å². The van der Waals surface area contributed by atoms with Crippen molar-refractivity contribution in [3.63, 3.8) is 0 Å². The number of thioether (sulfide) groups is 1. The SMILES string of the molecule is Nc1nnc(SCCOC(F)(F)F)s1. The van der Waals surface area contributed by atoms with Gasteiger partial charge >= 0.3 is 6.36 Å². The van der Waals surface area contributed by atoms with Gasteiger partial charge < -0.3 is 5.73 Å². The van der Waals surface area contributed by atoms with Crippen molar-refractivity contribution in [2.75, 3.05) is 18.1 Å². The summed E-state index contributed by atoms with van der Waals surface area (Å²) in [6.07, 6.45) is -4.57. The Morgan fingerprint density at radius 2 is 2.14 bits per heavy atom. The van der Waals surface area contributed by atoms with Crippen molar-refractivity contribution in [2.45, 2.75) is 10.7 Å². The highest BCUT2D eigenvalue weighted by Crippen LogP contribution is 2.24. The summed E-state index contributed by atoms with van der Waals surface area (Å²) in [6.45, 7) is -0.409. The summed E-state index contributed by atoms with van der Waals surface area (Å²) in [5.74, 6) is 0.161. The number of rotatable bonds is 4. The fourth-order valence-corrected chi connectivity index (χ4v) is 2.09. The molecule has 0 aromatic carbocycles. The molecule has 0 spiro atoms. The first-order chi connectivity index (χ1) is 6.47. The number of ether oxygens (including phenoxy) is 1. The lowest BCUT2D eigenvalue weighted by Gasteiger charge is -2.05. The molecule has 0 aliphatic heterocycles. The summed E-state index contributed by atoms with van der Waals surface area (Å²) in [7, 11) is 0. The van der Waals surface area contributed by atoms with Crippen LogP contribution in [0.5, 0.6) is 0 Å². The van der Waals surface area contributed by atoms with Crippen LogP contribution in [0.15, 0.2) is 4.34 Å². The summed E-state index contributed by atoms with van der Waals surface area (Å²) in [5, 5.41) is 7.42. The number of anilines is 1. The summed E-state index contributed by atoms with van der Waals surface area (Å²) in [4.78, 5) is 0. The van der Waals surface area contributed by atoms with Crippen LogP contribution in [0.3, 0.4) is 0 Å². The molecule has 80 valence electrons. The van der Waals surface area contributed by atoms with Gasteiger partial charge in [0.2, 0.25) is 5.13 Å². The highest BCUT2D eigenvalue weighted by molar-refractivity contribution is 8.01. The van der Waals surface area contributed by atoms with Crippen molar-refractivity contribution in [1.29, 1.82) is 0 Å². The second kappa shape index (κ2) is 4.80. The molecule has 9 heteroatoms. The van der Waals surface area contributed by atoms with E-state index in [1.54, 1.807) is 0 Å². The van der Waals surface area contributed by atoms with Gasteiger partial charge in [-0.15, -0.1) is 23.4 Å². The quantitative estimate of drug-likeness (QED) is 0.646. The predicted octanol–water partition coefficient (Wildman–Crippen LogP) is 1.75. The van der Waals surface area contributed by atoms with Crippen molar-refractivity contribution in [3.8, 4) is 0 Å². The number of nitrogens with zero attached hydrogens (tertiary/aromatic N) is 2. The maximum atomic E-state index is 11.5. The third-order valence-electron chi connectivity index (χ3n) is 0.997. The molecule has 14 heavy (non-hydrogen) atoms. The average Bonchev–Trinajstić information content (AvgIpc) is 2.44. The van der Waals surface area contributed by atoms with E-state index in [9.17, 15) is 13.2 Å². The molecular formula is C5H6F3N3OS2. The number of hydrogen-bond acceptors (Lipinski definition) is 6. The van der Waals surface area contributed by atoms with Gasteiger partial charge in [0.05, 0.1) is 6.61 Å². The number of nitrogen functional groups attached to an aromatic ring is 1. The minimum Gasteiger partial charge on any atom is -0.374 e. The van der Waals surface area contributed by atoms with Gasteiger partial charge in [0.15, 0.2) is 4.34 Å². The van der Waals surface area contributed by atoms with Crippen LogP contribution in [0.1, 0.15) is 0 Å². The molecule has 1 aromatic rings. The summed E-state index contributed by atoms with van der Waals surface area (Å²) in [6, 6.07) is 0. The molecule has 0 radical (unpaired) electrons. The molecule has 0 fully saturated rings.